The summed E-state index contributed by atoms with van der Waals surface area (Å²) in [5, 5.41) is 11.6. The fourth-order valence-electron chi connectivity index (χ4n) is 1.40. The van der Waals surface area contributed by atoms with Gasteiger partial charge < -0.3 is 16.2 Å². The molecule has 0 unspecified atom stereocenters. The maximum Gasteiger partial charge on any atom is 0.354 e. The van der Waals surface area contributed by atoms with Gasteiger partial charge in [-0.3, -0.25) is 0 Å². The second-order valence-electron chi connectivity index (χ2n) is 3.69. The Labute approximate surface area is 112 Å². The highest BCUT2D eigenvalue weighted by molar-refractivity contribution is 6.30. The number of nitrogens with one attached hydrogen (secondary N) is 1. The molecule has 98 valence electrons. The van der Waals surface area contributed by atoms with Crippen molar-refractivity contribution in [3.05, 3.63) is 46.9 Å². The third-order valence-corrected chi connectivity index (χ3v) is 2.63. The van der Waals surface area contributed by atoms with E-state index in [-0.39, 0.29) is 22.2 Å². The Bertz CT molecular complexity index is 649. The molecule has 0 aliphatic rings. The van der Waals surface area contributed by atoms with E-state index in [0.29, 0.717) is 5.69 Å². The molecule has 2 aromatic rings. The lowest BCUT2D eigenvalue weighted by molar-refractivity contribution is 0.0690. The van der Waals surface area contributed by atoms with Crippen LogP contribution in [0.2, 0.25) is 5.02 Å². The predicted molar refractivity (Wildman–Crippen MR) is 70.3 cm³/mol. The van der Waals surface area contributed by atoms with E-state index in [1.54, 1.807) is 0 Å². The smallest absolute Gasteiger partial charge is 0.354 e. The predicted octanol–water partition coefficient (Wildman–Crippen LogP) is 2.90. The largest absolute Gasteiger partial charge is 0.477 e. The van der Waals surface area contributed by atoms with Crippen molar-refractivity contribution in [2.75, 3.05) is 11.1 Å². The number of carboxylic acids is 1. The first-order chi connectivity index (χ1) is 8.97. The van der Waals surface area contributed by atoms with Crippen LogP contribution >= 0.6 is 11.6 Å². The van der Waals surface area contributed by atoms with Gasteiger partial charge in [-0.05, 0) is 30.3 Å². The summed E-state index contributed by atoms with van der Waals surface area (Å²) < 4.78 is 13.3. The molecule has 0 saturated carbocycles. The maximum absolute atomic E-state index is 13.3. The van der Waals surface area contributed by atoms with Crippen LogP contribution in [0, 0.1) is 5.82 Å². The zero-order valence-corrected chi connectivity index (χ0v) is 10.3. The third-order valence-electron chi connectivity index (χ3n) is 2.33. The molecule has 0 saturated heterocycles. The minimum absolute atomic E-state index is 0.00855. The number of rotatable bonds is 3. The molecule has 0 spiro atoms. The number of aromatic carboxylic acids is 1. The minimum atomic E-state index is -1.18. The fourth-order valence-corrected chi connectivity index (χ4v) is 1.52. The summed E-state index contributed by atoms with van der Waals surface area (Å²) >= 11 is 5.56. The molecule has 7 heteroatoms. The summed E-state index contributed by atoms with van der Waals surface area (Å²) in [6.07, 6.45) is 0. The van der Waals surface area contributed by atoms with Crippen molar-refractivity contribution in [3.63, 3.8) is 0 Å². The van der Waals surface area contributed by atoms with Crippen molar-refractivity contribution >= 4 is 34.8 Å². The molecule has 0 radical (unpaired) electrons. The summed E-state index contributed by atoms with van der Waals surface area (Å²) in [7, 11) is 0. The summed E-state index contributed by atoms with van der Waals surface area (Å²) in [6, 6.07) is 6.75. The molecular formula is C12H9ClFN3O2. The van der Waals surface area contributed by atoms with E-state index in [1.807, 2.05) is 0 Å². The van der Waals surface area contributed by atoms with Gasteiger partial charge in [-0.25, -0.2) is 14.2 Å². The van der Waals surface area contributed by atoms with Crippen molar-refractivity contribution in [1.82, 2.24) is 4.98 Å². The highest BCUT2D eigenvalue weighted by Gasteiger charge is 2.09. The van der Waals surface area contributed by atoms with Crippen LogP contribution in [0.15, 0.2) is 30.3 Å². The summed E-state index contributed by atoms with van der Waals surface area (Å²) in [6.45, 7) is 0. The molecule has 1 aromatic heterocycles. The summed E-state index contributed by atoms with van der Waals surface area (Å²) in [5.41, 5.74) is 6.12. The Balaban J connectivity index is 2.34. The highest BCUT2D eigenvalue weighted by Crippen LogP contribution is 2.24. The SMILES string of the molecule is Nc1ccc(C(=O)O)nc1Nc1ccc(Cl)c(F)c1. The van der Waals surface area contributed by atoms with E-state index in [4.69, 9.17) is 22.4 Å². The second-order valence-corrected chi connectivity index (χ2v) is 4.10. The molecule has 0 aliphatic heterocycles. The van der Waals surface area contributed by atoms with E-state index in [0.717, 1.165) is 6.07 Å². The van der Waals surface area contributed by atoms with Crippen LogP contribution < -0.4 is 11.1 Å². The van der Waals surface area contributed by atoms with Crippen LogP contribution in [-0.2, 0) is 0 Å². The van der Waals surface area contributed by atoms with Gasteiger partial charge in [0.1, 0.15) is 5.82 Å². The first-order valence-corrected chi connectivity index (χ1v) is 5.57. The van der Waals surface area contributed by atoms with Gasteiger partial charge in [0.2, 0.25) is 0 Å². The Morgan fingerprint density at radius 1 is 1.37 bits per heavy atom. The molecule has 1 aromatic carbocycles. The number of benzene rings is 1. The molecular weight excluding hydrogens is 273 g/mol. The van der Waals surface area contributed by atoms with Crippen molar-refractivity contribution in [1.29, 1.82) is 0 Å². The number of carbonyl (C=O) groups is 1. The zero-order valence-electron chi connectivity index (χ0n) is 9.52. The topological polar surface area (TPSA) is 88.2 Å². The number of nitrogens with two attached hydrogens (primary N) is 1. The van der Waals surface area contributed by atoms with Crippen molar-refractivity contribution < 1.29 is 14.3 Å². The van der Waals surface area contributed by atoms with Gasteiger partial charge in [0.25, 0.3) is 0 Å². The number of nitrogen functional groups attached to an aromatic ring is 1. The number of carboxylic acid groups (broad SMARTS) is 1. The standard InChI is InChI=1S/C12H9ClFN3O2/c13-7-2-1-6(5-8(7)14)16-11-9(15)3-4-10(17-11)12(18)19/h1-5H,15H2,(H,16,17)(H,18,19). The second kappa shape index (κ2) is 5.11. The van der Waals surface area contributed by atoms with Gasteiger partial charge in [0.15, 0.2) is 11.5 Å². The summed E-state index contributed by atoms with van der Waals surface area (Å²) in [5.74, 6) is -1.63. The molecule has 1 heterocycles. The van der Waals surface area contributed by atoms with Crippen LogP contribution in [0.25, 0.3) is 0 Å². The maximum atomic E-state index is 13.3. The molecule has 0 amide bonds. The van der Waals surface area contributed by atoms with Gasteiger partial charge >= 0.3 is 5.97 Å². The minimum Gasteiger partial charge on any atom is -0.477 e. The number of halogens is 2. The van der Waals surface area contributed by atoms with Gasteiger partial charge in [0, 0.05) is 5.69 Å². The Morgan fingerprint density at radius 3 is 2.74 bits per heavy atom. The van der Waals surface area contributed by atoms with Crippen LogP contribution in [0.5, 0.6) is 0 Å². The van der Waals surface area contributed by atoms with E-state index in [1.165, 1.54) is 24.3 Å². The van der Waals surface area contributed by atoms with Crippen LogP contribution in [-0.4, -0.2) is 16.1 Å². The van der Waals surface area contributed by atoms with E-state index >= 15 is 0 Å². The number of nitrogens with zero attached hydrogens (tertiary/aromatic N) is 1. The van der Waals surface area contributed by atoms with Crippen molar-refractivity contribution in [2.24, 2.45) is 0 Å². The third kappa shape index (κ3) is 2.92. The number of hydrogen-bond donors (Lipinski definition) is 3. The lowest BCUT2D eigenvalue weighted by Gasteiger charge is -2.09. The van der Waals surface area contributed by atoms with Gasteiger partial charge in [-0.15, -0.1) is 0 Å². The first kappa shape index (κ1) is 13.1. The average Bonchev–Trinajstić information content (AvgIpc) is 2.36. The number of hydrogen-bond acceptors (Lipinski definition) is 4. The van der Waals surface area contributed by atoms with Crippen LogP contribution in [0.3, 0.4) is 0 Å². The van der Waals surface area contributed by atoms with E-state index in [2.05, 4.69) is 10.3 Å². The normalized spacial score (nSPS) is 10.2. The fraction of sp³-hybridized carbons (Fsp3) is 0. The molecule has 5 nitrogen and oxygen atoms in total. The van der Waals surface area contributed by atoms with Crippen LogP contribution in [0.4, 0.5) is 21.6 Å². The van der Waals surface area contributed by atoms with Gasteiger partial charge in [-0.1, -0.05) is 11.6 Å². The Kier molecular flexibility index (Phi) is 3.52. The molecule has 0 aliphatic carbocycles. The molecule has 0 atom stereocenters. The molecule has 4 N–H and O–H groups in total. The Hall–Kier alpha value is -2.34. The summed E-state index contributed by atoms with van der Waals surface area (Å²) in [4.78, 5) is 14.6. The van der Waals surface area contributed by atoms with Crippen molar-refractivity contribution in [3.8, 4) is 0 Å². The number of pyridine rings is 1. The highest BCUT2D eigenvalue weighted by atomic mass is 35.5. The van der Waals surface area contributed by atoms with Gasteiger partial charge in [0.05, 0.1) is 10.7 Å². The van der Waals surface area contributed by atoms with Crippen LogP contribution in [0.1, 0.15) is 10.5 Å². The quantitative estimate of drug-likeness (QED) is 0.805. The Morgan fingerprint density at radius 2 is 2.11 bits per heavy atom. The molecule has 0 bridgehead atoms. The lowest BCUT2D eigenvalue weighted by atomic mass is 10.3. The average molecular weight is 282 g/mol. The molecule has 2 rings (SSSR count). The van der Waals surface area contributed by atoms with Crippen molar-refractivity contribution in [2.45, 2.75) is 0 Å². The molecule has 19 heavy (non-hydrogen) atoms. The zero-order chi connectivity index (χ0) is 14.0. The number of anilines is 3. The van der Waals surface area contributed by atoms with E-state index in [9.17, 15) is 9.18 Å². The molecule has 0 fully saturated rings. The number of aromatic nitrogens is 1. The first-order valence-electron chi connectivity index (χ1n) is 5.19. The van der Waals surface area contributed by atoms with E-state index < -0.39 is 11.8 Å². The van der Waals surface area contributed by atoms with Gasteiger partial charge in [-0.2, -0.15) is 0 Å². The monoisotopic (exact) mass is 281 g/mol. The lowest BCUT2D eigenvalue weighted by Crippen LogP contribution is -2.05.